The zero-order chi connectivity index (χ0) is 45.8. The molecule has 0 radical (unpaired) electrons. The summed E-state index contributed by atoms with van der Waals surface area (Å²) in [5, 5.41) is 0. The van der Waals surface area contributed by atoms with Crippen LogP contribution in [0.15, 0.2) is 36.5 Å². The first-order valence-electron chi connectivity index (χ1n) is 27.5. The fourth-order valence-corrected chi connectivity index (χ4v) is 7.95. The summed E-state index contributed by atoms with van der Waals surface area (Å²) in [6, 6.07) is 0. The van der Waals surface area contributed by atoms with E-state index in [1.165, 1.54) is 167 Å². The SMILES string of the molecule is CCC/C=C\CCCCCCCC(=O)OC(COC(=O)CCCCCCCCCC)COC(=O)CCCCCCCCCCCCCCCCC/C=C\C/C=C\CCCCCCC. The van der Waals surface area contributed by atoms with E-state index in [1.54, 1.807) is 0 Å². The van der Waals surface area contributed by atoms with Crippen LogP contribution in [-0.4, -0.2) is 37.2 Å². The fourth-order valence-electron chi connectivity index (χ4n) is 7.95. The number of unbranched alkanes of at least 4 members (excludes halogenated alkanes) is 33. The number of esters is 3. The molecule has 6 heteroatoms. The summed E-state index contributed by atoms with van der Waals surface area (Å²) in [6.07, 6.45) is 61.7. The lowest BCUT2D eigenvalue weighted by molar-refractivity contribution is -0.167. The zero-order valence-electron chi connectivity index (χ0n) is 42.1. The average molecular weight is 885 g/mol. The second-order valence-electron chi connectivity index (χ2n) is 18.5. The standard InChI is InChI=1S/C57H104O6/c1-4-7-10-13-16-19-21-22-23-24-25-26-27-28-29-30-31-32-33-34-35-36-37-39-41-44-47-50-56(59)62-53-54(52-61-55(58)49-46-43-40-18-15-12-9-6-3)63-57(60)51-48-45-42-38-20-17-14-11-8-5-2/h11,14,21-22,24-25,54H,4-10,12-13,15-20,23,26-53H2,1-3H3/b14-11-,22-21-,25-24-. The van der Waals surface area contributed by atoms with Crippen molar-refractivity contribution >= 4 is 17.9 Å². The number of hydrogen-bond donors (Lipinski definition) is 0. The molecule has 0 aliphatic heterocycles. The fraction of sp³-hybridized carbons (Fsp3) is 0.842. The summed E-state index contributed by atoms with van der Waals surface area (Å²) in [4.78, 5) is 37.8. The highest BCUT2D eigenvalue weighted by Gasteiger charge is 2.19. The highest BCUT2D eigenvalue weighted by Crippen LogP contribution is 2.16. The zero-order valence-corrected chi connectivity index (χ0v) is 42.1. The summed E-state index contributed by atoms with van der Waals surface area (Å²) >= 11 is 0. The molecular weight excluding hydrogens is 781 g/mol. The molecule has 0 heterocycles. The van der Waals surface area contributed by atoms with Crippen LogP contribution in [-0.2, 0) is 28.6 Å². The Morgan fingerprint density at radius 3 is 0.952 bits per heavy atom. The molecule has 0 aliphatic carbocycles. The van der Waals surface area contributed by atoms with E-state index in [9.17, 15) is 14.4 Å². The third-order valence-corrected chi connectivity index (χ3v) is 12.1. The van der Waals surface area contributed by atoms with Crippen molar-refractivity contribution in [2.45, 2.75) is 297 Å². The summed E-state index contributed by atoms with van der Waals surface area (Å²) in [7, 11) is 0. The predicted molar refractivity (Wildman–Crippen MR) is 270 cm³/mol. The van der Waals surface area contributed by atoms with Crippen LogP contribution in [0.4, 0.5) is 0 Å². The number of carbonyl (C=O) groups excluding carboxylic acids is 3. The number of allylic oxidation sites excluding steroid dienone is 6. The molecule has 0 aromatic rings. The first-order valence-corrected chi connectivity index (χ1v) is 27.5. The summed E-state index contributed by atoms with van der Waals surface area (Å²) in [5.41, 5.74) is 0. The third kappa shape index (κ3) is 50.5. The summed E-state index contributed by atoms with van der Waals surface area (Å²) < 4.78 is 16.7. The van der Waals surface area contributed by atoms with Crippen LogP contribution in [0.5, 0.6) is 0 Å². The monoisotopic (exact) mass is 885 g/mol. The van der Waals surface area contributed by atoms with Crippen LogP contribution < -0.4 is 0 Å². The normalized spacial score (nSPS) is 12.2. The molecule has 0 spiro atoms. The minimum atomic E-state index is -0.770. The van der Waals surface area contributed by atoms with Crippen molar-refractivity contribution in [1.82, 2.24) is 0 Å². The van der Waals surface area contributed by atoms with Crippen molar-refractivity contribution in [3.63, 3.8) is 0 Å². The molecule has 63 heavy (non-hydrogen) atoms. The number of hydrogen-bond acceptors (Lipinski definition) is 6. The van der Waals surface area contributed by atoms with Gasteiger partial charge >= 0.3 is 17.9 Å². The van der Waals surface area contributed by atoms with E-state index >= 15 is 0 Å². The van der Waals surface area contributed by atoms with Crippen LogP contribution in [0.3, 0.4) is 0 Å². The molecule has 0 aromatic carbocycles. The highest BCUT2D eigenvalue weighted by molar-refractivity contribution is 5.71. The number of rotatable bonds is 50. The van der Waals surface area contributed by atoms with Crippen molar-refractivity contribution in [2.24, 2.45) is 0 Å². The van der Waals surface area contributed by atoms with Gasteiger partial charge < -0.3 is 14.2 Å². The number of ether oxygens (including phenoxy) is 3. The van der Waals surface area contributed by atoms with Crippen LogP contribution >= 0.6 is 0 Å². The minimum Gasteiger partial charge on any atom is -0.462 e. The van der Waals surface area contributed by atoms with Gasteiger partial charge in [0, 0.05) is 19.3 Å². The summed E-state index contributed by atoms with van der Waals surface area (Å²) in [6.45, 7) is 6.55. The first-order chi connectivity index (χ1) is 31.0. The lowest BCUT2D eigenvalue weighted by atomic mass is 10.0. The molecule has 368 valence electrons. The average Bonchev–Trinajstić information content (AvgIpc) is 3.28. The molecule has 1 atom stereocenters. The Hall–Kier alpha value is -2.37. The van der Waals surface area contributed by atoms with Crippen molar-refractivity contribution in [1.29, 1.82) is 0 Å². The van der Waals surface area contributed by atoms with Crippen LogP contribution in [0.2, 0.25) is 0 Å². The van der Waals surface area contributed by atoms with Crippen LogP contribution in [0.1, 0.15) is 290 Å². The van der Waals surface area contributed by atoms with Gasteiger partial charge in [0.05, 0.1) is 0 Å². The predicted octanol–water partition coefficient (Wildman–Crippen LogP) is 18.1. The first kappa shape index (κ1) is 60.6. The quantitative estimate of drug-likeness (QED) is 0.0262. The largest absolute Gasteiger partial charge is 0.462 e. The molecule has 1 unspecified atom stereocenters. The van der Waals surface area contributed by atoms with Crippen LogP contribution in [0, 0.1) is 0 Å². The molecule has 0 amide bonds. The van der Waals surface area contributed by atoms with Crippen LogP contribution in [0.25, 0.3) is 0 Å². The van der Waals surface area contributed by atoms with Crippen molar-refractivity contribution < 1.29 is 28.6 Å². The Morgan fingerprint density at radius 2 is 0.603 bits per heavy atom. The lowest BCUT2D eigenvalue weighted by Gasteiger charge is -2.18. The van der Waals surface area contributed by atoms with Gasteiger partial charge in [0.15, 0.2) is 6.10 Å². The maximum atomic E-state index is 12.7. The van der Waals surface area contributed by atoms with Gasteiger partial charge in [-0.15, -0.1) is 0 Å². The van der Waals surface area contributed by atoms with Gasteiger partial charge in [0.2, 0.25) is 0 Å². The van der Waals surface area contributed by atoms with E-state index in [2.05, 4.69) is 57.2 Å². The Kier molecular flexibility index (Phi) is 50.3. The van der Waals surface area contributed by atoms with Crippen molar-refractivity contribution in [3.05, 3.63) is 36.5 Å². The Balaban J connectivity index is 4.04. The molecule has 0 N–H and O–H groups in total. The Morgan fingerprint density at radius 1 is 0.317 bits per heavy atom. The van der Waals surface area contributed by atoms with Gasteiger partial charge in [0.1, 0.15) is 13.2 Å². The summed E-state index contributed by atoms with van der Waals surface area (Å²) in [5.74, 6) is -0.879. The van der Waals surface area contributed by atoms with Gasteiger partial charge in [-0.1, -0.05) is 237 Å². The molecule has 0 fully saturated rings. The molecule has 0 aliphatic rings. The second-order valence-corrected chi connectivity index (χ2v) is 18.5. The van der Waals surface area contributed by atoms with E-state index < -0.39 is 6.10 Å². The third-order valence-electron chi connectivity index (χ3n) is 12.1. The minimum absolute atomic E-state index is 0.0726. The lowest BCUT2D eigenvalue weighted by Crippen LogP contribution is -2.30. The molecule has 0 bridgehead atoms. The van der Waals surface area contributed by atoms with E-state index in [0.717, 1.165) is 83.5 Å². The molecule has 6 nitrogen and oxygen atoms in total. The van der Waals surface area contributed by atoms with Gasteiger partial charge in [-0.05, 0) is 70.6 Å². The Bertz CT molecular complexity index is 1060. The molecule has 0 aromatic heterocycles. The van der Waals surface area contributed by atoms with Crippen molar-refractivity contribution in [3.8, 4) is 0 Å². The van der Waals surface area contributed by atoms with Gasteiger partial charge in [-0.3, -0.25) is 14.4 Å². The van der Waals surface area contributed by atoms with Gasteiger partial charge in [0.25, 0.3) is 0 Å². The maximum Gasteiger partial charge on any atom is 0.306 e. The number of carbonyl (C=O) groups is 3. The van der Waals surface area contributed by atoms with Crippen molar-refractivity contribution in [2.75, 3.05) is 13.2 Å². The van der Waals surface area contributed by atoms with E-state index in [0.29, 0.717) is 19.3 Å². The second kappa shape index (κ2) is 52.3. The molecule has 0 saturated heterocycles. The van der Waals surface area contributed by atoms with E-state index in [1.807, 2.05) is 0 Å². The smallest absolute Gasteiger partial charge is 0.306 e. The maximum absolute atomic E-state index is 12.7. The molecule has 0 rings (SSSR count). The van der Waals surface area contributed by atoms with Gasteiger partial charge in [-0.2, -0.15) is 0 Å². The molecular formula is C57H104O6. The van der Waals surface area contributed by atoms with E-state index in [-0.39, 0.29) is 31.1 Å². The van der Waals surface area contributed by atoms with Gasteiger partial charge in [-0.25, -0.2) is 0 Å². The Labute approximate surface area is 391 Å². The topological polar surface area (TPSA) is 78.9 Å². The molecule has 0 saturated carbocycles. The van der Waals surface area contributed by atoms with E-state index in [4.69, 9.17) is 14.2 Å². The highest BCUT2D eigenvalue weighted by atomic mass is 16.6.